The average Bonchev–Trinajstić information content (AvgIpc) is 3.19. The summed E-state index contributed by atoms with van der Waals surface area (Å²) in [6.07, 6.45) is 1.44. The van der Waals surface area contributed by atoms with E-state index in [0.29, 0.717) is 42.4 Å². The minimum Gasteiger partial charge on any atom is -0.508 e. The first-order valence-corrected chi connectivity index (χ1v) is 12.0. The van der Waals surface area contributed by atoms with Crippen molar-refractivity contribution in [2.75, 3.05) is 23.4 Å². The Morgan fingerprint density at radius 2 is 1.97 bits per heavy atom. The van der Waals surface area contributed by atoms with Crippen molar-refractivity contribution in [1.82, 2.24) is 14.9 Å². The fourth-order valence-electron chi connectivity index (χ4n) is 5.28. The minimum absolute atomic E-state index is 0.0591. The minimum atomic E-state index is -0.455. The molecule has 36 heavy (non-hydrogen) atoms. The zero-order chi connectivity index (χ0) is 24.8. The van der Waals surface area contributed by atoms with E-state index in [-0.39, 0.29) is 42.0 Å². The number of nitrogens with one attached hydrogen (secondary N) is 2. The molecule has 11 heteroatoms. The number of phenols is 1. The Balaban J connectivity index is 1.11. The molecule has 1 aromatic carbocycles. The smallest absolute Gasteiger partial charge is 0.416 e. The molecule has 0 unspecified atom stereocenters. The van der Waals surface area contributed by atoms with Gasteiger partial charge < -0.3 is 29.8 Å². The summed E-state index contributed by atoms with van der Waals surface area (Å²) >= 11 is 0. The molecule has 0 bridgehead atoms. The zero-order valence-electron chi connectivity index (χ0n) is 19.3. The summed E-state index contributed by atoms with van der Waals surface area (Å²) in [6.45, 7) is 0.944. The Bertz CT molecular complexity index is 1420. The molecule has 2 aliphatic heterocycles. The van der Waals surface area contributed by atoms with E-state index >= 15 is 0 Å². The van der Waals surface area contributed by atoms with Crippen molar-refractivity contribution in [2.45, 2.75) is 44.0 Å². The molecule has 3 aromatic rings. The highest BCUT2D eigenvalue weighted by atomic mass is 16.6. The lowest BCUT2D eigenvalue weighted by molar-refractivity contribution is -0.118. The maximum atomic E-state index is 12.7. The molecule has 3 aliphatic rings. The number of amides is 2. The Morgan fingerprint density at radius 3 is 2.86 bits per heavy atom. The lowest BCUT2D eigenvalue weighted by Crippen LogP contribution is -2.46. The van der Waals surface area contributed by atoms with E-state index in [4.69, 9.17) is 9.47 Å². The second-order valence-corrected chi connectivity index (χ2v) is 9.24. The van der Waals surface area contributed by atoms with Gasteiger partial charge in [0.1, 0.15) is 17.7 Å². The molecule has 6 rings (SSSR count). The van der Waals surface area contributed by atoms with Gasteiger partial charge >= 0.3 is 6.09 Å². The quantitative estimate of drug-likeness (QED) is 0.493. The number of pyridine rings is 2. The highest BCUT2D eigenvalue weighted by molar-refractivity contribution is 5.95. The second-order valence-electron chi connectivity index (χ2n) is 9.24. The van der Waals surface area contributed by atoms with Crippen molar-refractivity contribution < 1.29 is 24.2 Å². The number of phenolic OH excluding ortho intramolecular Hbond substituents is 1. The van der Waals surface area contributed by atoms with E-state index in [2.05, 4.69) is 15.6 Å². The van der Waals surface area contributed by atoms with Gasteiger partial charge in [-0.1, -0.05) is 0 Å². The molecule has 1 aliphatic carbocycles. The normalized spacial score (nSPS) is 23.0. The fraction of sp³-hybridized carbons (Fsp3) is 0.360. The number of carbonyl (C=O) groups excluding carboxylic acids is 2. The highest BCUT2D eigenvalue weighted by Crippen LogP contribution is 2.37. The van der Waals surface area contributed by atoms with Gasteiger partial charge in [0, 0.05) is 37.7 Å². The molecule has 4 heterocycles. The Morgan fingerprint density at radius 1 is 1.11 bits per heavy atom. The number of aromatic hydroxyl groups is 1. The van der Waals surface area contributed by atoms with Crippen LogP contribution in [0, 0.1) is 0 Å². The number of anilines is 2. The molecule has 2 amide bonds. The molecule has 3 atom stereocenters. The van der Waals surface area contributed by atoms with Gasteiger partial charge in [0.05, 0.1) is 11.6 Å². The topological polar surface area (TPSA) is 135 Å². The predicted molar refractivity (Wildman–Crippen MR) is 130 cm³/mol. The number of aromatic nitrogens is 2. The number of benzene rings is 1. The highest BCUT2D eigenvalue weighted by Gasteiger charge is 2.46. The third-order valence-corrected chi connectivity index (χ3v) is 6.99. The van der Waals surface area contributed by atoms with Crippen LogP contribution in [-0.2, 0) is 16.1 Å². The van der Waals surface area contributed by atoms with E-state index in [1.165, 1.54) is 6.07 Å². The van der Waals surface area contributed by atoms with Gasteiger partial charge in [-0.2, -0.15) is 0 Å². The summed E-state index contributed by atoms with van der Waals surface area (Å²) in [7, 11) is 0. The summed E-state index contributed by atoms with van der Waals surface area (Å²) < 4.78 is 12.7. The Labute approximate surface area is 205 Å². The van der Waals surface area contributed by atoms with Gasteiger partial charge in [-0.25, -0.2) is 9.78 Å². The standard InChI is InChI=1S/C25H25N5O6/c31-16-4-1-14-2-8-23(33)29(18(14)12-16)10-9-26-15-3-5-17-20(11-15)36-25(34)30(17)21-7-6-19-24(27-21)28-22(32)13-35-19/h1-2,4,6-8,12,15,17,20,26,31H,3,5,9-11,13H2,(H,27,28,32)/t15-,17-,20-/m1/s1. The van der Waals surface area contributed by atoms with Crippen LogP contribution in [0.4, 0.5) is 16.4 Å². The molecule has 0 radical (unpaired) electrons. The molecule has 0 spiro atoms. The third-order valence-electron chi connectivity index (χ3n) is 6.99. The van der Waals surface area contributed by atoms with Crippen LogP contribution in [0.1, 0.15) is 19.3 Å². The van der Waals surface area contributed by atoms with E-state index in [9.17, 15) is 19.5 Å². The maximum absolute atomic E-state index is 12.7. The first-order chi connectivity index (χ1) is 17.5. The monoisotopic (exact) mass is 491 g/mol. The number of fused-ring (bicyclic) bond motifs is 3. The molecule has 11 nitrogen and oxygen atoms in total. The lowest BCUT2D eigenvalue weighted by atomic mass is 9.88. The lowest BCUT2D eigenvalue weighted by Gasteiger charge is -2.33. The third kappa shape index (κ3) is 4.01. The van der Waals surface area contributed by atoms with E-state index in [1.54, 1.807) is 45.9 Å². The second kappa shape index (κ2) is 8.83. The first kappa shape index (κ1) is 22.4. The number of rotatable bonds is 5. The van der Waals surface area contributed by atoms with Crippen LogP contribution in [0.3, 0.4) is 0 Å². The number of carbonyl (C=O) groups is 2. The van der Waals surface area contributed by atoms with Crippen LogP contribution in [0.25, 0.3) is 10.9 Å². The van der Waals surface area contributed by atoms with Crippen molar-refractivity contribution in [3.63, 3.8) is 0 Å². The largest absolute Gasteiger partial charge is 0.508 e. The number of hydrogen-bond donors (Lipinski definition) is 3. The average molecular weight is 492 g/mol. The van der Waals surface area contributed by atoms with Gasteiger partial charge in [0.25, 0.3) is 11.5 Å². The summed E-state index contributed by atoms with van der Waals surface area (Å²) in [5.74, 6) is 1.01. The summed E-state index contributed by atoms with van der Waals surface area (Å²) in [5, 5.41) is 16.9. The molecular weight excluding hydrogens is 466 g/mol. The number of nitrogens with zero attached hydrogens (tertiary/aromatic N) is 3. The molecule has 186 valence electrons. The van der Waals surface area contributed by atoms with Crippen LogP contribution in [0.15, 0.2) is 47.3 Å². The summed E-state index contributed by atoms with van der Waals surface area (Å²) in [4.78, 5) is 42.8. The van der Waals surface area contributed by atoms with Gasteiger partial charge in [0.15, 0.2) is 18.2 Å². The van der Waals surface area contributed by atoms with Crippen molar-refractivity contribution in [3.05, 3.63) is 52.8 Å². The molecule has 3 N–H and O–H groups in total. The molecular formula is C25H25N5O6. The fourth-order valence-corrected chi connectivity index (χ4v) is 5.28. The molecule has 2 fully saturated rings. The molecule has 2 aromatic heterocycles. The van der Waals surface area contributed by atoms with Crippen LogP contribution in [-0.4, -0.2) is 58.0 Å². The van der Waals surface area contributed by atoms with Crippen molar-refractivity contribution >= 4 is 34.5 Å². The Kier molecular flexibility index (Phi) is 5.48. The summed E-state index contributed by atoms with van der Waals surface area (Å²) in [5.41, 5.74) is 0.561. The predicted octanol–water partition coefficient (Wildman–Crippen LogP) is 1.97. The van der Waals surface area contributed by atoms with Gasteiger partial charge in [-0.3, -0.25) is 14.5 Å². The van der Waals surface area contributed by atoms with Crippen molar-refractivity contribution in [1.29, 1.82) is 0 Å². The van der Waals surface area contributed by atoms with Crippen LogP contribution >= 0.6 is 0 Å². The van der Waals surface area contributed by atoms with E-state index < -0.39 is 6.09 Å². The van der Waals surface area contributed by atoms with E-state index in [0.717, 1.165) is 18.2 Å². The Hall–Kier alpha value is -4.12. The number of ether oxygens (including phenoxy) is 2. The van der Waals surface area contributed by atoms with Gasteiger partial charge in [-0.15, -0.1) is 0 Å². The van der Waals surface area contributed by atoms with Gasteiger partial charge in [0.2, 0.25) is 0 Å². The van der Waals surface area contributed by atoms with E-state index in [1.807, 2.05) is 0 Å². The zero-order valence-corrected chi connectivity index (χ0v) is 19.3. The van der Waals surface area contributed by atoms with Gasteiger partial charge in [-0.05, 0) is 48.6 Å². The maximum Gasteiger partial charge on any atom is 0.416 e. The molecule has 1 saturated carbocycles. The SMILES string of the molecule is O=C1COc2ccc(N3C(=O)O[C@@H]4C[C@H](NCCn5c(=O)ccc6ccc(O)cc65)CC[C@H]43)nc2N1. The van der Waals surface area contributed by atoms with Crippen LogP contribution < -0.4 is 25.8 Å². The van der Waals surface area contributed by atoms with Crippen molar-refractivity contribution in [2.24, 2.45) is 0 Å². The molecule has 1 saturated heterocycles. The number of hydrogen-bond acceptors (Lipinski definition) is 8. The summed E-state index contributed by atoms with van der Waals surface area (Å²) in [6, 6.07) is 11.6. The van der Waals surface area contributed by atoms with Crippen LogP contribution in [0.2, 0.25) is 0 Å². The van der Waals surface area contributed by atoms with Crippen LogP contribution in [0.5, 0.6) is 11.5 Å². The first-order valence-electron chi connectivity index (χ1n) is 12.0. The van der Waals surface area contributed by atoms with Crippen molar-refractivity contribution in [3.8, 4) is 11.5 Å².